The summed E-state index contributed by atoms with van der Waals surface area (Å²) in [6, 6.07) is 3.21. The van der Waals surface area contributed by atoms with E-state index in [0.717, 1.165) is 5.56 Å². The number of carbonyl (C=O) groups is 1. The van der Waals surface area contributed by atoms with Crippen molar-refractivity contribution in [2.75, 3.05) is 39.3 Å². The second-order valence-corrected chi connectivity index (χ2v) is 6.28. The third-order valence-electron chi connectivity index (χ3n) is 3.96. The normalized spacial score (nSPS) is 16.5. The molecule has 1 aliphatic rings. The molecule has 1 unspecified atom stereocenters. The van der Waals surface area contributed by atoms with Gasteiger partial charge in [-0.25, -0.2) is 0 Å². The number of carbonyl (C=O) groups excluding carboxylic acids is 1. The van der Waals surface area contributed by atoms with Gasteiger partial charge in [-0.3, -0.25) is 9.69 Å². The van der Waals surface area contributed by atoms with E-state index in [-0.39, 0.29) is 19.0 Å². The molecule has 10 heteroatoms. The smallest absolute Gasteiger partial charge is 0.405 e. The first-order valence-electron chi connectivity index (χ1n) is 7.94. The standard InChI is InChI=1S/C16H21ClF3N3O2.ClH/c1-11-8-12(17)2-3-13(11)25-10-15(24)22-9-14(16(18,19)20)23-6-4-21-5-7-23;/h2-3,8,14,21H,4-7,9-10H2,1H3,(H,22,24);1H. The Hall–Kier alpha value is -1.22. The largest absolute Gasteiger partial charge is 0.484 e. The number of benzene rings is 1. The van der Waals surface area contributed by atoms with E-state index >= 15 is 0 Å². The number of ether oxygens (including phenoxy) is 1. The lowest BCUT2D eigenvalue weighted by Crippen LogP contribution is -2.57. The van der Waals surface area contributed by atoms with Crippen molar-refractivity contribution in [1.29, 1.82) is 0 Å². The number of hydrogen-bond donors (Lipinski definition) is 2. The maximum absolute atomic E-state index is 13.2. The van der Waals surface area contributed by atoms with Crippen molar-refractivity contribution in [3.63, 3.8) is 0 Å². The van der Waals surface area contributed by atoms with Crippen molar-refractivity contribution in [3.8, 4) is 5.75 Å². The molecular formula is C16H22Cl2F3N3O2. The number of piperazine rings is 1. The highest BCUT2D eigenvalue weighted by Crippen LogP contribution is 2.25. The van der Waals surface area contributed by atoms with Crippen LogP contribution in [0.15, 0.2) is 18.2 Å². The van der Waals surface area contributed by atoms with Crippen molar-refractivity contribution < 1.29 is 22.7 Å². The molecule has 1 aliphatic heterocycles. The first-order valence-corrected chi connectivity index (χ1v) is 8.32. The van der Waals surface area contributed by atoms with Crippen molar-refractivity contribution in [1.82, 2.24) is 15.5 Å². The van der Waals surface area contributed by atoms with Gasteiger partial charge in [0.2, 0.25) is 0 Å². The van der Waals surface area contributed by atoms with Gasteiger partial charge in [0.15, 0.2) is 6.61 Å². The molecule has 148 valence electrons. The molecule has 1 aromatic rings. The Bertz CT molecular complexity index is 597. The zero-order valence-electron chi connectivity index (χ0n) is 14.2. The summed E-state index contributed by atoms with van der Waals surface area (Å²) in [6.45, 7) is 2.50. The van der Waals surface area contributed by atoms with E-state index in [0.29, 0.717) is 37.0 Å². The molecule has 26 heavy (non-hydrogen) atoms. The Morgan fingerprint density at radius 2 is 2.04 bits per heavy atom. The van der Waals surface area contributed by atoms with Gasteiger partial charge in [-0.05, 0) is 30.7 Å². The molecule has 0 radical (unpaired) electrons. The molecule has 1 aromatic carbocycles. The zero-order chi connectivity index (χ0) is 18.4. The zero-order valence-corrected chi connectivity index (χ0v) is 15.8. The maximum Gasteiger partial charge on any atom is 0.405 e. The average molecular weight is 416 g/mol. The van der Waals surface area contributed by atoms with E-state index in [2.05, 4.69) is 10.6 Å². The molecule has 1 fully saturated rings. The predicted octanol–water partition coefficient (Wildman–Crippen LogP) is 2.40. The number of rotatable bonds is 6. The molecule has 0 aliphatic carbocycles. The van der Waals surface area contributed by atoms with E-state index in [4.69, 9.17) is 16.3 Å². The molecule has 1 heterocycles. The Balaban J connectivity index is 0.00000338. The minimum Gasteiger partial charge on any atom is -0.484 e. The molecule has 2 N–H and O–H groups in total. The SMILES string of the molecule is Cc1cc(Cl)ccc1OCC(=O)NCC(N1CCNCC1)C(F)(F)F.Cl. The summed E-state index contributed by atoms with van der Waals surface area (Å²) in [5.74, 6) is -0.132. The lowest BCUT2D eigenvalue weighted by molar-refractivity contribution is -0.184. The van der Waals surface area contributed by atoms with Crippen LogP contribution in [0.1, 0.15) is 5.56 Å². The number of hydrogen-bond acceptors (Lipinski definition) is 4. The van der Waals surface area contributed by atoms with Crippen LogP contribution < -0.4 is 15.4 Å². The molecule has 2 rings (SSSR count). The summed E-state index contributed by atoms with van der Waals surface area (Å²) in [4.78, 5) is 13.2. The van der Waals surface area contributed by atoms with E-state index < -0.39 is 24.7 Å². The van der Waals surface area contributed by atoms with Crippen LogP contribution >= 0.6 is 24.0 Å². The van der Waals surface area contributed by atoms with Gasteiger partial charge in [0.25, 0.3) is 5.91 Å². The van der Waals surface area contributed by atoms with Gasteiger partial charge in [0, 0.05) is 37.7 Å². The summed E-state index contributed by atoms with van der Waals surface area (Å²) in [5.41, 5.74) is 0.745. The molecule has 0 saturated carbocycles. The Kier molecular flexibility index (Phi) is 8.95. The minimum absolute atomic E-state index is 0. The third kappa shape index (κ3) is 6.83. The van der Waals surface area contributed by atoms with Crippen LogP contribution in [0.2, 0.25) is 5.02 Å². The highest BCUT2D eigenvalue weighted by Gasteiger charge is 2.43. The van der Waals surface area contributed by atoms with Gasteiger partial charge in [-0.15, -0.1) is 12.4 Å². The van der Waals surface area contributed by atoms with Crippen LogP contribution in [-0.2, 0) is 4.79 Å². The fourth-order valence-corrected chi connectivity index (χ4v) is 2.85. The van der Waals surface area contributed by atoms with E-state index in [1.165, 1.54) is 4.90 Å². The van der Waals surface area contributed by atoms with Crippen LogP contribution in [0, 0.1) is 6.92 Å². The quantitative estimate of drug-likeness (QED) is 0.748. The van der Waals surface area contributed by atoms with Gasteiger partial charge in [0.05, 0.1) is 0 Å². The maximum atomic E-state index is 13.2. The topological polar surface area (TPSA) is 53.6 Å². The van der Waals surface area contributed by atoms with Crippen molar-refractivity contribution >= 4 is 29.9 Å². The van der Waals surface area contributed by atoms with E-state index in [1.807, 2.05) is 0 Å². The van der Waals surface area contributed by atoms with Crippen LogP contribution in [0.5, 0.6) is 5.75 Å². The van der Waals surface area contributed by atoms with Crippen LogP contribution in [0.3, 0.4) is 0 Å². The number of aryl methyl sites for hydroxylation is 1. The first kappa shape index (κ1) is 22.8. The number of nitrogens with one attached hydrogen (secondary N) is 2. The molecular weight excluding hydrogens is 394 g/mol. The molecule has 0 bridgehead atoms. The monoisotopic (exact) mass is 415 g/mol. The lowest BCUT2D eigenvalue weighted by atomic mass is 10.2. The molecule has 1 saturated heterocycles. The van der Waals surface area contributed by atoms with Crippen molar-refractivity contribution in [2.45, 2.75) is 19.1 Å². The number of nitrogens with zero attached hydrogens (tertiary/aromatic N) is 1. The molecule has 0 aromatic heterocycles. The van der Waals surface area contributed by atoms with Crippen molar-refractivity contribution in [2.24, 2.45) is 0 Å². The molecule has 1 atom stereocenters. The molecule has 1 amide bonds. The minimum atomic E-state index is -4.40. The Labute approximate surface area is 161 Å². The average Bonchev–Trinajstić information content (AvgIpc) is 2.54. The summed E-state index contributed by atoms with van der Waals surface area (Å²) < 4.78 is 45.1. The van der Waals surface area contributed by atoms with E-state index in [1.54, 1.807) is 25.1 Å². The van der Waals surface area contributed by atoms with Crippen molar-refractivity contribution in [3.05, 3.63) is 28.8 Å². The van der Waals surface area contributed by atoms with Crippen LogP contribution in [0.25, 0.3) is 0 Å². The van der Waals surface area contributed by atoms with Gasteiger partial charge in [-0.1, -0.05) is 11.6 Å². The van der Waals surface area contributed by atoms with E-state index in [9.17, 15) is 18.0 Å². The second-order valence-electron chi connectivity index (χ2n) is 5.85. The number of amides is 1. The highest BCUT2D eigenvalue weighted by atomic mass is 35.5. The first-order chi connectivity index (χ1) is 11.8. The third-order valence-corrected chi connectivity index (χ3v) is 4.19. The summed E-state index contributed by atoms with van der Waals surface area (Å²) in [5, 5.41) is 5.86. The van der Waals surface area contributed by atoms with Gasteiger partial charge >= 0.3 is 6.18 Å². The van der Waals surface area contributed by atoms with Gasteiger partial charge in [0.1, 0.15) is 11.8 Å². The summed E-state index contributed by atoms with van der Waals surface area (Å²) in [7, 11) is 0. The fraction of sp³-hybridized carbons (Fsp3) is 0.562. The number of halogens is 5. The highest BCUT2D eigenvalue weighted by molar-refractivity contribution is 6.30. The fourth-order valence-electron chi connectivity index (χ4n) is 2.63. The predicted molar refractivity (Wildman–Crippen MR) is 96.2 cm³/mol. The molecule has 5 nitrogen and oxygen atoms in total. The van der Waals surface area contributed by atoms with Gasteiger partial charge < -0.3 is 15.4 Å². The number of alkyl halides is 3. The summed E-state index contributed by atoms with van der Waals surface area (Å²) >= 11 is 5.83. The lowest BCUT2D eigenvalue weighted by Gasteiger charge is -2.35. The summed E-state index contributed by atoms with van der Waals surface area (Å²) in [6.07, 6.45) is -4.40. The van der Waals surface area contributed by atoms with Crippen LogP contribution in [0.4, 0.5) is 13.2 Å². The Morgan fingerprint density at radius 3 is 2.62 bits per heavy atom. The Morgan fingerprint density at radius 1 is 1.38 bits per heavy atom. The van der Waals surface area contributed by atoms with Gasteiger partial charge in [-0.2, -0.15) is 13.2 Å². The molecule has 0 spiro atoms. The second kappa shape index (κ2) is 10.2. The van der Waals surface area contributed by atoms with Crippen LogP contribution in [-0.4, -0.2) is 62.4 Å².